The van der Waals surface area contributed by atoms with Crippen LogP contribution in [0.4, 0.5) is 0 Å². The number of hydrogen-bond donors (Lipinski definition) is 0. The maximum absolute atomic E-state index is 2.40. The van der Waals surface area contributed by atoms with Crippen molar-refractivity contribution in [1.29, 1.82) is 0 Å². The Morgan fingerprint density at radius 3 is 1.00 bits per heavy atom. The van der Waals surface area contributed by atoms with E-state index in [-0.39, 0.29) is 0 Å². The van der Waals surface area contributed by atoms with Gasteiger partial charge in [0.2, 0.25) is 0 Å². The Kier molecular flexibility index (Phi) is 4.74. The summed E-state index contributed by atoms with van der Waals surface area (Å²) in [5.41, 5.74) is 5.19. The molecular formula is C38H22S2. The van der Waals surface area contributed by atoms with Gasteiger partial charge in [-0.05, 0) is 68.1 Å². The topological polar surface area (TPSA) is 0 Å². The zero-order valence-corrected chi connectivity index (χ0v) is 23.2. The Hall–Kier alpha value is -4.50. The quantitative estimate of drug-likeness (QED) is 0.191. The predicted octanol–water partition coefficient (Wildman–Crippen LogP) is 12.1. The van der Waals surface area contributed by atoms with Gasteiger partial charge in [0.15, 0.2) is 0 Å². The smallest absolute Gasteiger partial charge is 0.0361 e. The summed E-state index contributed by atoms with van der Waals surface area (Å²) in [6.07, 6.45) is 0. The second-order valence-electron chi connectivity index (χ2n) is 10.5. The van der Waals surface area contributed by atoms with Crippen molar-refractivity contribution in [3.63, 3.8) is 0 Å². The Morgan fingerprint density at radius 1 is 0.275 bits per heavy atom. The van der Waals surface area contributed by atoms with Crippen LogP contribution in [0.5, 0.6) is 0 Å². The molecule has 0 aliphatic rings. The van der Waals surface area contributed by atoms with E-state index in [0.717, 1.165) is 0 Å². The Balaban J connectivity index is 1.35. The third kappa shape index (κ3) is 3.18. The van der Waals surface area contributed by atoms with Crippen molar-refractivity contribution in [3.8, 4) is 22.3 Å². The zero-order valence-electron chi connectivity index (χ0n) is 21.5. The minimum absolute atomic E-state index is 1.28. The highest BCUT2D eigenvalue weighted by molar-refractivity contribution is 7.26. The molecular weight excluding hydrogens is 521 g/mol. The molecule has 40 heavy (non-hydrogen) atoms. The highest BCUT2D eigenvalue weighted by Crippen LogP contribution is 2.46. The molecule has 0 saturated carbocycles. The number of hydrogen-bond acceptors (Lipinski definition) is 2. The van der Waals surface area contributed by atoms with Crippen LogP contribution in [-0.4, -0.2) is 0 Å². The molecule has 0 N–H and O–H groups in total. The first-order chi connectivity index (χ1) is 19.8. The van der Waals surface area contributed by atoms with Gasteiger partial charge < -0.3 is 0 Å². The van der Waals surface area contributed by atoms with Crippen molar-refractivity contribution in [2.75, 3.05) is 0 Å². The van der Waals surface area contributed by atoms with E-state index >= 15 is 0 Å². The average Bonchev–Trinajstić information content (AvgIpc) is 3.57. The normalized spacial score (nSPS) is 12.0. The van der Waals surface area contributed by atoms with Crippen LogP contribution in [0.3, 0.4) is 0 Å². The molecule has 9 rings (SSSR count). The summed E-state index contributed by atoms with van der Waals surface area (Å²) >= 11 is 3.77. The van der Waals surface area contributed by atoms with E-state index in [2.05, 4.69) is 133 Å². The Bertz CT molecular complexity index is 2210. The van der Waals surface area contributed by atoms with E-state index in [1.807, 2.05) is 22.7 Å². The number of rotatable bonds is 2. The summed E-state index contributed by atoms with van der Waals surface area (Å²) < 4.78 is 5.37. The maximum atomic E-state index is 2.40. The average molecular weight is 543 g/mol. The standard InChI is InChI=1S/C38H22S2/c1-2-12-30-29(11-1)37(23-17-19-27-25-9-5-7-15-33(25)39-35(27)21-23)31-13-3-4-14-32(31)38(30)24-18-20-28-26-10-6-8-16-34(26)40-36(28)22-24/h1-22H. The van der Waals surface area contributed by atoms with E-state index in [1.165, 1.54) is 84.1 Å². The lowest BCUT2D eigenvalue weighted by atomic mass is 9.86. The minimum atomic E-state index is 1.28. The molecule has 0 aliphatic carbocycles. The second-order valence-corrected chi connectivity index (χ2v) is 12.6. The summed E-state index contributed by atoms with van der Waals surface area (Å²) in [5, 5.41) is 10.6. The van der Waals surface area contributed by atoms with Gasteiger partial charge in [0.05, 0.1) is 0 Å². The van der Waals surface area contributed by atoms with Crippen molar-refractivity contribution in [2.45, 2.75) is 0 Å². The maximum Gasteiger partial charge on any atom is 0.0361 e. The van der Waals surface area contributed by atoms with Crippen LogP contribution >= 0.6 is 22.7 Å². The number of benzene rings is 7. The molecule has 0 bridgehead atoms. The Morgan fingerprint density at radius 2 is 0.600 bits per heavy atom. The summed E-state index contributed by atoms with van der Waals surface area (Å²) in [6, 6.07) is 49.5. The van der Waals surface area contributed by atoms with E-state index in [4.69, 9.17) is 0 Å². The van der Waals surface area contributed by atoms with Crippen molar-refractivity contribution < 1.29 is 0 Å². The summed E-state index contributed by atoms with van der Waals surface area (Å²) in [7, 11) is 0. The van der Waals surface area contributed by atoms with E-state index in [0.29, 0.717) is 0 Å². The molecule has 0 fully saturated rings. The molecule has 0 unspecified atom stereocenters. The van der Waals surface area contributed by atoms with Crippen molar-refractivity contribution in [3.05, 3.63) is 133 Å². The minimum Gasteiger partial charge on any atom is -0.135 e. The highest BCUT2D eigenvalue weighted by atomic mass is 32.1. The fraction of sp³-hybridized carbons (Fsp3) is 0. The molecule has 0 nitrogen and oxygen atoms in total. The van der Waals surface area contributed by atoms with Crippen molar-refractivity contribution >= 4 is 84.6 Å². The molecule has 2 heterocycles. The number of fused-ring (bicyclic) bond motifs is 8. The van der Waals surface area contributed by atoms with Crippen LogP contribution in [0.1, 0.15) is 0 Å². The molecule has 0 saturated heterocycles. The molecule has 2 heteroatoms. The van der Waals surface area contributed by atoms with E-state index < -0.39 is 0 Å². The predicted molar refractivity (Wildman–Crippen MR) is 178 cm³/mol. The lowest BCUT2D eigenvalue weighted by Crippen LogP contribution is -1.90. The van der Waals surface area contributed by atoms with Crippen LogP contribution in [0.15, 0.2) is 133 Å². The van der Waals surface area contributed by atoms with Crippen LogP contribution in [0.25, 0.3) is 84.1 Å². The zero-order chi connectivity index (χ0) is 26.2. The van der Waals surface area contributed by atoms with Gasteiger partial charge in [-0.25, -0.2) is 0 Å². The van der Waals surface area contributed by atoms with Gasteiger partial charge >= 0.3 is 0 Å². The van der Waals surface area contributed by atoms with Crippen molar-refractivity contribution in [1.82, 2.24) is 0 Å². The highest BCUT2D eigenvalue weighted by Gasteiger charge is 2.18. The molecule has 0 radical (unpaired) electrons. The SMILES string of the molecule is c1ccc2c(c1)sc1cc(-c3c4ccccc4c(-c4ccc5c(c4)sc4ccccc45)c4ccccc34)ccc12. The first kappa shape index (κ1) is 22.3. The molecule has 186 valence electrons. The number of thiophene rings is 2. The summed E-state index contributed by atoms with van der Waals surface area (Å²) in [6.45, 7) is 0. The third-order valence-electron chi connectivity index (χ3n) is 8.27. The van der Waals surface area contributed by atoms with Gasteiger partial charge in [0.1, 0.15) is 0 Å². The van der Waals surface area contributed by atoms with Gasteiger partial charge in [-0.3, -0.25) is 0 Å². The van der Waals surface area contributed by atoms with Crippen LogP contribution in [0.2, 0.25) is 0 Å². The van der Waals surface area contributed by atoms with E-state index in [9.17, 15) is 0 Å². The van der Waals surface area contributed by atoms with Gasteiger partial charge in [0, 0.05) is 40.3 Å². The van der Waals surface area contributed by atoms with Gasteiger partial charge in [-0.2, -0.15) is 0 Å². The Labute approximate surface area is 239 Å². The van der Waals surface area contributed by atoms with Gasteiger partial charge in [0.25, 0.3) is 0 Å². The lowest BCUT2D eigenvalue weighted by Gasteiger charge is -2.18. The summed E-state index contributed by atoms with van der Waals surface area (Å²) in [4.78, 5) is 0. The monoisotopic (exact) mass is 542 g/mol. The fourth-order valence-corrected chi connectivity index (χ4v) is 8.80. The molecule has 0 spiro atoms. The lowest BCUT2D eigenvalue weighted by molar-refractivity contribution is 1.70. The van der Waals surface area contributed by atoms with Crippen molar-refractivity contribution in [2.24, 2.45) is 0 Å². The third-order valence-corrected chi connectivity index (χ3v) is 10.5. The van der Waals surface area contributed by atoms with E-state index in [1.54, 1.807) is 0 Å². The molecule has 2 aromatic heterocycles. The molecule has 0 aliphatic heterocycles. The fourth-order valence-electron chi connectivity index (χ4n) is 6.51. The first-order valence-electron chi connectivity index (χ1n) is 13.6. The first-order valence-corrected chi connectivity index (χ1v) is 15.2. The second kappa shape index (κ2) is 8.50. The van der Waals surface area contributed by atoms with Crippen LogP contribution < -0.4 is 0 Å². The molecule has 9 aromatic rings. The van der Waals surface area contributed by atoms with Gasteiger partial charge in [-0.1, -0.05) is 109 Å². The van der Waals surface area contributed by atoms with Crippen LogP contribution in [0, 0.1) is 0 Å². The van der Waals surface area contributed by atoms with Crippen LogP contribution in [-0.2, 0) is 0 Å². The summed E-state index contributed by atoms with van der Waals surface area (Å²) in [5.74, 6) is 0. The van der Waals surface area contributed by atoms with Gasteiger partial charge in [-0.15, -0.1) is 22.7 Å². The molecule has 7 aromatic carbocycles. The largest absolute Gasteiger partial charge is 0.135 e. The molecule has 0 atom stereocenters. The molecule has 0 amide bonds.